The van der Waals surface area contributed by atoms with Gasteiger partial charge in [0.15, 0.2) is 0 Å². The average molecular weight is 356 g/mol. The normalized spacial score (nSPS) is 17.0. The van der Waals surface area contributed by atoms with Crippen LogP contribution in [0.25, 0.3) is 0 Å². The van der Waals surface area contributed by atoms with Gasteiger partial charge in [0.05, 0.1) is 17.3 Å². The zero-order valence-corrected chi connectivity index (χ0v) is 16.0. The summed E-state index contributed by atoms with van der Waals surface area (Å²) in [4.78, 5) is 13.7. The van der Waals surface area contributed by atoms with E-state index in [0.29, 0.717) is 22.0 Å². The molecule has 1 N–H and O–H groups in total. The number of aryl methyl sites for hydroxylation is 1. The third-order valence-electron chi connectivity index (χ3n) is 5.05. The zero-order valence-electron chi connectivity index (χ0n) is 15.2. The molecule has 6 heteroatoms. The fourth-order valence-electron chi connectivity index (χ4n) is 3.36. The molecule has 0 radical (unpaired) electrons. The second-order valence-electron chi connectivity index (χ2n) is 7.66. The number of carbonyl (C=O) groups excluding carboxylic acids is 1. The highest BCUT2D eigenvalue weighted by Crippen LogP contribution is 2.44. The molecular formula is C19H24N4OS. The average Bonchev–Trinajstić information content (AvgIpc) is 3.17. The lowest BCUT2D eigenvalue weighted by Gasteiger charge is -2.33. The number of nitriles is 1. The molecule has 0 saturated heterocycles. The minimum absolute atomic E-state index is 0.206. The van der Waals surface area contributed by atoms with E-state index in [-0.39, 0.29) is 11.3 Å². The molecule has 1 unspecified atom stereocenters. The van der Waals surface area contributed by atoms with E-state index in [2.05, 4.69) is 37.3 Å². The van der Waals surface area contributed by atoms with Crippen molar-refractivity contribution in [2.45, 2.75) is 53.5 Å². The van der Waals surface area contributed by atoms with Gasteiger partial charge in [0.25, 0.3) is 5.91 Å². The Bertz CT molecular complexity index is 835. The van der Waals surface area contributed by atoms with Crippen molar-refractivity contribution >= 4 is 22.2 Å². The molecule has 2 heterocycles. The van der Waals surface area contributed by atoms with Crippen molar-refractivity contribution in [2.75, 3.05) is 5.32 Å². The minimum Gasteiger partial charge on any atom is -0.312 e. The molecule has 5 nitrogen and oxygen atoms in total. The van der Waals surface area contributed by atoms with Crippen LogP contribution in [0.2, 0.25) is 0 Å². The monoisotopic (exact) mass is 356 g/mol. The highest BCUT2D eigenvalue weighted by atomic mass is 32.1. The van der Waals surface area contributed by atoms with Crippen molar-refractivity contribution in [3.63, 3.8) is 0 Å². The number of rotatable bonds is 3. The van der Waals surface area contributed by atoms with Crippen LogP contribution in [0, 0.1) is 22.7 Å². The van der Waals surface area contributed by atoms with Gasteiger partial charge in [0.2, 0.25) is 0 Å². The zero-order chi connectivity index (χ0) is 18.2. The highest BCUT2D eigenvalue weighted by molar-refractivity contribution is 7.16. The summed E-state index contributed by atoms with van der Waals surface area (Å²) >= 11 is 1.56. The number of amides is 1. The maximum absolute atomic E-state index is 12.5. The van der Waals surface area contributed by atoms with Crippen LogP contribution in [0.15, 0.2) is 12.4 Å². The quantitative estimate of drug-likeness (QED) is 0.894. The van der Waals surface area contributed by atoms with E-state index in [1.807, 2.05) is 6.92 Å². The maximum atomic E-state index is 12.5. The first kappa shape index (κ1) is 17.7. The lowest BCUT2D eigenvalue weighted by molar-refractivity contribution is 0.102. The van der Waals surface area contributed by atoms with Crippen molar-refractivity contribution in [1.29, 1.82) is 5.26 Å². The Morgan fingerprint density at radius 1 is 1.52 bits per heavy atom. The number of fused-ring (bicyclic) bond motifs is 1. The van der Waals surface area contributed by atoms with E-state index in [9.17, 15) is 10.1 Å². The molecule has 3 rings (SSSR count). The molecule has 1 aliphatic carbocycles. The number of thiophene rings is 1. The first-order valence-electron chi connectivity index (χ1n) is 8.72. The summed E-state index contributed by atoms with van der Waals surface area (Å²) in [6.07, 6.45) is 6.29. The number of nitrogens with one attached hydrogen (secondary N) is 1. The largest absolute Gasteiger partial charge is 0.312 e. The number of aromatic nitrogens is 2. The van der Waals surface area contributed by atoms with E-state index in [1.54, 1.807) is 28.4 Å². The van der Waals surface area contributed by atoms with Crippen molar-refractivity contribution in [3.8, 4) is 6.07 Å². The van der Waals surface area contributed by atoms with Gasteiger partial charge in [0.1, 0.15) is 11.1 Å². The van der Waals surface area contributed by atoms with Gasteiger partial charge in [-0.25, -0.2) is 0 Å². The summed E-state index contributed by atoms with van der Waals surface area (Å²) in [6.45, 7) is 9.51. The van der Waals surface area contributed by atoms with Gasteiger partial charge >= 0.3 is 0 Å². The Morgan fingerprint density at radius 2 is 2.28 bits per heavy atom. The summed E-state index contributed by atoms with van der Waals surface area (Å²) in [5.41, 5.74) is 2.55. The number of carbonyl (C=O) groups is 1. The van der Waals surface area contributed by atoms with Gasteiger partial charge < -0.3 is 5.32 Å². The summed E-state index contributed by atoms with van der Waals surface area (Å²) in [7, 11) is 0. The van der Waals surface area contributed by atoms with Crippen molar-refractivity contribution in [1.82, 2.24) is 9.78 Å². The Balaban J connectivity index is 1.85. The van der Waals surface area contributed by atoms with Crippen LogP contribution < -0.4 is 5.32 Å². The first-order valence-corrected chi connectivity index (χ1v) is 9.53. The van der Waals surface area contributed by atoms with E-state index >= 15 is 0 Å². The molecule has 0 fully saturated rings. The minimum atomic E-state index is -0.206. The lowest BCUT2D eigenvalue weighted by Crippen LogP contribution is -2.26. The van der Waals surface area contributed by atoms with Gasteiger partial charge in [-0.1, -0.05) is 20.8 Å². The molecule has 132 valence electrons. The molecule has 0 aromatic carbocycles. The van der Waals surface area contributed by atoms with Gasteiger partial charge in [-0.2, -0.15) is 10.4 Å². The summed E-state index contributed by atoms with van der Waals surface area (Å²) in [5.74, 6) is 0.402. The van der Waals surface area contributed by atoms with Gasteiger partial charge in [-0.15, -0.1) is 11.3 Å². The predicted molar refractivity (Wildman–Crippen MR) is 99.9 cm³/mol. The highest BCUT2D eigenvalue weighted by Gasteiger charge is 2.32. The standard InChI is InChI=1S/C19H24N4OS/c1-5-23-11-12(10-21-23)17(24)22-18-15(9-20)14-7-6-13(19(2,3)4)8-16(14)25-18/h10-11,13H,5-8H2,1-4H3,(H,22,24). The second-order valence-corrected chi connectivity index (χ2v) is 8.77. The molecule has 2 aromatic rings. The van der Waals surface area contributed by atoms with Crippen molar-refractivity contribution < 1.29 is 4.79 Å². The molecule has 1 amide bonds. The number of hydrogen-bond donors (Lipinski definition) is 1. The van der Waals surface area contributed by atoms with Crippen LogP contribution in [0.4, 0.5) is 5.00 Å². The third-order valence-corrected chi connectivity index (χ3v) is 6.22. The van der Waals surface area contributed by atoms with Crippen LogP contribution in [-0.4, -0.2) is 15.7 Å². The molecule has 2 aromatic heterocycles. The Kier molecular flexibility index (Phi) is 4.70. The van der Waals surface area contributed by atoms with Crippen LogP contribution in [0.3, 0.4) is 0 Å². The van der Waals surface area contributed by atoms with Crippen LogP contribution in [-0.2, 0) is 19.4 Å². The molecule has 1 atom stereocenters. The van der Waals surface area contributed by atoms with E-state index in [4.69, 9.17) is 0 Å². The SMILES string of the molecule is CCn1cc(C(=O)Nc2sc3c(c2C#N)CCC(C(C)(C)C)C3)cn1. The van der Waals surface area contributed by atoms with E-state index in [0.717, 1.165) is 31.4 Å². The fourth-order valence-corrected chi connectivity index (χ4v) is 4.63. The molecule has 0 saturated carbocycles. The Hall–Kier alpha value is -2.13. The molecule has 0 spiro atoms. The first-order chi connectivity index (χ1) is 11.8. The number of anilines is 1. The van der Waals surface area contributed by atoms with Crippen molar-refractivity contribution in [3.05, 3.63) is 34.0 Å². The van der Waals surface area contributed by atoms with Crippen molar-refractivity contribution in [2.24, 2.45) is 11.3 Å². The molecule has 25 heavy (non-hydrogen) atoms. The fraction of sp³-hybridized carbons (Fsp3) is 0.526. The molecule has 0 aliphatic heterocycles. The second kappa shape index (κ2) is 6.64. The van der Waals surface area contributed by atoms with Crippen LogP contribution in [0.5, 0.6) is 0 Å². The van der Waals surface area contributed by atoms with E-state index < -0.39 is 0 Å². The maximum Gasteiger partial charge on any atom is 0.259 e. The predicted octanol–water partition coefficient (Wildman–Crippen LogP) is 4.24. The Morgan fingerprint density at radius 3 is 2.88 bits per heavy atom. The van der Waals surface area contributed by atoms with Gasteiger partial charge in [-0.3, -0.25) is 9.48 Å². The third kappa shape index (κ3) is 3.47. The number of hydrogen-bond acceptors (Lipinski definition) is 4. The lowest BCUT2D eigenvalue weighted by atomic mass is 9.72. The summed E-state index contributed by atoms with van der Waals surface area (Å²) < 4.78 is 1.72. The molecule has 1 aliphatic rings. The van der Waals surface area contributed by atoms with Gasteiger partial charge in [-0.05, 0) is 43.1 Å². The van der Waals surface area contributed by atoms with Crippen LogP contribution >= 0.6 is 11.3 Å². The molecule has 0 bridgehead atoms. The smallest absolute Gasteiger partial charge is 0.259 e. The number of nitrogens with zero attached hydrogens (tertiary/aromatic N) is 3. The van der Waals surface area contributed by atoms with Gasteiger partial charge in [0, 0.05) is 17.6 Å². The summed E-state index contributed by atoms with van der Waals surface area (Å²) in [6, 6.07) is 2.31. The Labute approximate surface area is 152 Å². The van der Waals surface area contributed by atoms with E-state index in [1.165, 1.54) is 4.88 Å². The topological polar surface area (TPSA) is 70.7 Å². The summed E-state index contributed by atoms with van der Waals surface area (Å²) in [5, 5.41) is 17.3. The molecular weight excluding hydrogens is 332 g/mol. The van der Waals surface area contributed by atoms with Crippen LogP contribution in [0.1, 0.15) is 60.5 Å².